The first kappa shape index (κ1) is 22.7. The average Bonchev–Trinajstić information content (AvgIpc) is 3.39. The van der Waals surface area contributed by atoms with E-state index in [1.807, 2.05) is 24.3 Å². The molecule has 0 saturated carbocycles. The fourth-order valence-electron chi connectivity index (χ4n) is 4.34. The molecule has 1 atom stereocenters. The van der Waals surface area contributed by atoms with Crippen LogP contribution in [0.5, 0.6) is 5.75 Å². The zero-order valence-corrected chi connectivity index (χ0v) is 20.1. The third-order valence-electron chi connectivity index (χ3n) is 6.10. The van der Waals surface area contributed by atoms with Crippen molar-refractivity contribution in [3.05, 3.63) is 98.0 Å². The maximum Gasteiger partial charge on any atom is 0.301 e. The van der Waals surface area contributed by atoms with E-state index in [4.69, 9.17) is 9.84 Å². The standard InChI is InChI=1S/C25H19BrN4O5/c1-35-19-8-5-15(6-9-19)21-13-23(16-3-2-4-18(11-16)30(33)34)29(27-21)14-28-22-10-7-17(26)12-20(22)24(31)25(28)32/h2-12,23H,13-14H2,1H3. The van der Waals surface area contributed by atoms with E-state index in [2.05, 4.69) is 15.9 Å². The van der Waals surface area contributed by atoms with Crippen molar-refractivity contribution < 1.29 is 19.2 Å². The minimum absolute atomic E-state index is 0.0201. The van der Waals surface area contributed by atoms with E-state index in [-0.39, 0.29) is 18.4 Å². The van der Waals surface area contributed by atoms with E-state index in [1.165, 1.54) is 17.0 Å². The highest BCUT2D eigenvalue weighted by molar-refractivity contribution is 9.10. The van der Waals surface area contributed by atoms with Crippen LogP contribution >= 0.6 is 15.9 Å². The van der Waals surface area contributed by atoms with Gasteiger partial charge in [-0.25, -0.2) is 0 Å². The molecule has 2 aliphatic rings. The Balaban J connectivity index is 1.52. The lowest BCUT2D eigenvalue weighted by Crippen LogP contribution is -2.39. The van der Waals surface area contributed by atoms with E-state index in [9.17, 15) is 19.7 Å². The number of rotatable bonds is 6. The van der Waals surface area contributed by atoms with Crippen molar-refractivity contribution in [1.29, 1.82) is 0 Å². The molecule has 10 heteroatoms. The maximum absolute atomic E-state index is 12.9. The van der Waals surface area contributed by atoms with Gasteiger partial charge in [-0.05, 0) is 53.6 Å². The fourth-order valence-corrected chi connectivity index (χ4v) is 4.70. The second-order valence-electron chi connectivity index (χ2n) is 8.15. The number of hydrogen-bond acceptors (Lipinski definition) is 7. The first-order chi connectivity index (χ1) is 16.9. The highest BCUT2D eigenvalue weighted by Gasteiger charge is 2.39. The van der Waals surface area contributed by atoms with Crippen molar-refractivity contribution in [3.63, 3.8) is 0 Å². The number of nitro groups is 1. The summed E-state index contributed by atoms with van der Waals surface area (Å²) >= 11 is 3.34. The lowest BCUT2D eigenvalue weighted by atomic mass is 9.98. The Labute approximate surface area is 208 Å². The molecule has 3 aromatic rings. The molecule has 0 N–H and O–H groups in total. The number of carbonyl (C=O) groups is 2. The van der Waals surface area contributed by atoms with E-state index in [0.717, 1.165) is 11.3 Å². The molecule has 2 heterocycles. The van der Waals surface area contributed by atoms with Gasteiger partial charge < -0.3 is 4.74 Å². The fraction of sp³-hybridized carbons (Fsp3) is 0.160. The van der Waals surface area contributed by atoms with Crippen LogP contribution in [0, 0.1) is 10.1 Å². The number of hydrogen-bond donors (Lipinski definition) is 0. The molecular formula is C25H19BrN4O5. The van der Waals surface area contributed by atoms with Gasteiger partial charge in [-0.15, -0.1) is 0 Å². The van der Waals surface area contributed by atoms with Crippen molar-refractivity contribution in [2.24, 2.45) is 5.10 Å². The first-order valence-electron chi connectivity index (χ1n) is 10.7. The Kier molecular flexibility index (Phi) is 5.81. The summed E-state index contributed by atoms with van der Waals surface area (Å²) < 4.78 is 5.94. The Morgan fingerprint density at radius 3 is 2.60 bits per heavy atom. The highest BCUT2D eigenvalue weighted by Crippen LogP contribution is 2.37. The molecular weight excluding hydrogens is 516 g/mol. The number of nitrogens with zero attached hydrogens (tertiary/aromatic N) is 4. The quantitative estimate of drug-likeness (QED) is 0.257. The van der Waals surface area contributed by atoms with Crippen LogP contribution in [0.25, 0.3) is 0 Å². The number of non-ortho nitro benzene ring substituents is 1. The van der Waals surface area contributed by atoms with Crippen LogP contribution in [-0.4, -0.2) is 41.1 Å². The SMILES string of the molecule is COc1ccc(C2=NN(CN3C(=O)C(=O)c4cc(Br)ccc43)C(c3cccc([N+](=O)[O-])c3)C2)cc1. The molecule has 0 saturated heterocycles. The number of nitro benzene ring substituents is 1. The highest BCUT2D eigenvalue weighted by atomic mass is 79.9. The number of halogens is 1. The van der Waals surface area contributed by atoms with Crippen LogP contribution in [0.2, 0.25) is 0 Å². The number of hydrazone groups is 1. The molecule has 0 spiro atoms. The minimum Gasteiger partial charge on any atom is -0.497 e. The second-order valence-corrected chi connectivity index (χ2v) is 9.07. The molecule has 0 aliphatic carbocycles. The van der Waals surface area contributed by atoms with Crippen LogP contribution in [0.3, 0.4) is 0 Å². The third kappa shape index (κ3) is 4.17. The summed E-state index contributed by atoms with van der Waals surface area (Å²) in [6.07, 6.45) is 0.469. The van der Waals surface area contributed by atoms with E-state index < -0.39 is 16.6 Å². The van der Waals surface area contributed by atoms with Crippen LogP contribution in [0.15, 0.2) is 76.3 Å². The van der Waals surface area contributed by atoms with E-state index in [1.54, 1.807) is 42.5 Å². The van der Waals surface area contributed by atoms with Gasteiger partial charge in [0.15, 0.2) is 0 Å². The van der Waals surface area contributed by atoms with Crippen LogP contribution in [0.1, 0.15) is 33.9 Å². The van der Waals surface area contributed by atoms with Crippen LogP contribution in [0.4, 0.5) is 11.4 Å². The Morgan fingerprint density at radius 2 is 1.89 bits per heavy atom. The van der Waals surface area contributed by atoms with Gasteiger partial charge in [0.2, 0.25) is 0 Å². The van der Waals surface area contributed by atoms with E-state index >= 15 is 0 Å². The van der Waals surface area contributed by atoms with Crippen molar-refractivity contribution in [2.75, 3.05) is 18.7 Å². The molecule has 176 valence electrons. The molecule has 9 nitrogen and oxygen atoms in total. The third-order valence-corrected chi connectivity index (χ3v) is 6.60. The number of benzene rings is 3. The van der Waals surface area contributed by atoms with Gasteiger partial charge in [0, 0.05) is 23.0 Å². The summed E-state index contributed by atoms with van der Waals surface area (Å²) in [6.45, 7) is 0.0201. The molecule has 0 radical (unpaired) electrons. The summed E-state index contributed by atoms with van der Waals surface area (Å²) in [6, 6.07) is 18.6. The molecule has 1 unspecified atom stereocenters. The van der Waals surface area contributed by atoms with Crippen molar-refractivity contribution >= 4 is 44.7 Å². The average molecular weight is 535 g/mol. The summed E-state index contributed by atoms with van der Waals surface area (Å²) in [5, 5.41) is 17.9. The molecule has 0 fully saturated rings. The monoisotopic (exact) mass is 534 g/mol. The lowest BCUT2D eigenvalue weighted by molar-refractivity contribution is -0.385. The summed E-state index contributed by atoms with van der Waals surface area (Å²) in [7, 11) is 1.59. The van der Waals surface area contributed by atoms with Gasteiger partial charge in [0.1, 0.15) is 12.4 Å². The number of fused-ring (bicyclic) bond motifs is 1. The zero-order valence-electron chi connectivity index (χ0n) is 18.6. The summed E-state index contributed by atoms with van der Waals surface area (Å²) in [4.78, 5) is 37.8. The number of ether oxygens (including phenoxy) is 1. The molecule has 2 aliphatic heterocycles. The number of anilines is 1. The van der Waals surface area contributed by atoms with Crippen molar-refractivity contribution in [1.82, 2.24) is 5.01 Å². The molecule has 35 heavy (non-hydrogen) atoms. The van der Waals surface area contributed by atoms with Gasteiger partial charge in [0.05, 0.1) is 35.0 Å². The molecule has 0 aromatic heterocycles. The predicted octanol–water partition coefficient (Wildman–Crippen LogP) is 4.70. The van der Waals surface area contributed by atoms with Crippen LogP contribution in [-0.2, 0) is 4.79 Å². The summed E-state index contributed by atoms with van der Waals surface area (Å²) in [5.41, 5.74) is 3.14. The number of amides is 1. The normalized spacial score (nSPS) is 17.0. The Bertz CT molecular complexity index is 1390. The minimum atomic E-state index is -0.635. The smallest absolute Gasteiger partial charge is 0.301 e. The maximum atomic E-state index is 12.9. The molecule has 3 aromatic carbocycles. The van der Waals surface area contributed by atoms with Crippen molar-refractivity contribution in [2.45, 2.75) is 12.5 Å². The zero-order chi connectivity index (χ0) is 24.7. The predicted molar refractivity (Wildman–Crippen MR) is 133 cm³/mol. The molecule has 5 rings (SSSR count). The Morgan fingerprint density at radius 1 is 1.11 bits per heavy atom. The van der Waals surface area contributed by atoms with Crippen LogP contribution < -0.4 is 9.64 Å². The number of ketones is 1. The second kappa shape index (κ2) is 8.95. The summed E-state index contributed by atoms with van der Waals surface area (Å²) in [5.74, 6) is -0.501. The van der Waals surface area contributed by atoms with E-state index in [0.29, 0.717) is 33.5 Å². The van der Waals surface area contributed by atoms with Gasteiger partial charge in [-0.1, -0.05) is 28.1 Å². The van der Waals surface area contributed by atoms with Gasteiger partial charge >= 0.3 is 5.91 Å². The number of carbonyl (C=O) groups excluding carboxylic acids is 2. The Hall–Kier alpha value is -4.05. The topological polar surface area (TPSA) is 105 Å². The van der Waals surface area contributed by atoms with Gasteiger partial charge in [-0.3, -0.25) is 29.6 Å². The molecule has 0 bridgehead atoms. The lowest BCUT2D eigenvalue weighted by Gasteiger charge is -2.28. The van der Waals surface area contributed by atoms with Crippen molar-refractivity contribution in [3.8, 4) is 5.75 Å². The van der Waals surface area contributed by atoms with Gasteiger partial charge in [0.25, 0.3) is 11.5 Å². The largest absolute Gasteiger partial charge is 0.497 e. The molecule has 1 amide bonds. The van der Waals surface area contributed by atoms with Gasteiger partial charge in [-0.2, -0.15) is 5.10 Å². The first-order valence-corrected chi connectivity index (χ1v) is 11.5. The number of methoxy groups -OCH3 is 1. The number of Topliss-reactive ketones (excluding diaryl/α,β-unsaturated/α-hetero) is 1.